The summed E-state index contributed by atoms with van der Waals surface area (Å²) in [6.07, 6.45) is 1.66. The number of benzene rings is 1. The maximum atomic E-state index is 11.1. The molecule has 5 nitrogen and oxygen atoms in total. The van der Waals surface area contributed by atoms with E-state index in [2.05, 4.69) is 27.5 Å². The first-order valence-corrected chi connectivity index (χ1v) is 6.78. The Labute approximate surface area is 122 Å². The number of amides is 1. The highest BCUT2D eigenvalue weighted by Gasteiger charge is 2.10. The van der Waals surface area contributed by atoms with Crippen molar-refractivity contribution in [1.29, 1.82) is 0 Å². The third-order valence-electron chi connectivity index (χ3n) is 3.27. The summed E-state index contributed by atoms with van der Waals surface area (Å²) in [7, 11) is 0. The average molecular weight is 280 g/mol. The molecule has 0 fully saturated rings. The zero-order valence-electron chi connectivity index (χ0n) is 12.0. The quantitative estimate of drug-likeness (QED) is 0.802. The minimum absolute atomic E-state index is 0.106. The number of hydrogen-bond acceptors (Lipinski definition) is 3. The first kappa shape index (κ1) is 13.3. The molecule has 0 radical (unpaired) electrons. The molecule has 0 bridgehead atoms. The summed E-state index contributed by atoms with van der Waals surface area (Å²) in [4.78, 5) is 15.6. The van der Waals surface area contributed by atoms with Gasteiger partial charge in [-0.05, 0) is 18.6 Å². The molecule has 0 aliphatic heterocycles. The Bertz CT molecular complexity index is 793. The number of rotatable bonds is 3. The van der Waals surface area contributed by atoms with Crippen molar-refractivity contribution < 1.29 is 4.79 Å². The van der Waals surface area contributed by atoms with E-state index in [1.54, 1.807) is 6.20 Å². The highest BCUT2D eigenvalue weighted by Crippen LogP contribution is 2.20. The van der Waals surface area contributed by atoms with Crippen LogP contribution in [0.2, 0.25) is 0 Å². The van der Waals surface area contributed by atoms with E-state index in [1.165, 1.54) is 12.5 Å². The molecule has 0 unspecified atom stereocenters. The first-order valence-electron chi connectivity index (χ1n) is 6.78. The van der Waals surface area contributed by atoms with Gasteiger partial charge in [0.05, 0.1) is 24.1 Å². The van der Waals surface area contributed by atoms with Crippen molar-refractivity contribution >= 4 is 22.6 Å². The minimum atomic E-state index is -0.106. The molecule has 0 saturated carbocycles. The molecule has 1 aromatic carbocycles. The summed E-state index contributed by atoms with van der Waals surface area (Å²) >= 11 is 0. The summed E-state index contributed by atoms with van der Waals surface area (Å²) in [5.41, 5.74) is 3.60. The fraction of sp³-hybridized carbons (Fsp3) is 0.188. The molecule has 0 aliphatic carbocycles. The summed E-state index contributed by atoms with van der Waals surface area (Å²) in [6.45, 7) is 4.11. The van der Waals surface area contributed by atoms with Crippen LogP contribution in [-0.4, -0.2) is 20.7 Å². The molecule has 106 valence electrons. The second-order valence-corrected chi connectivity index (χ2v) is 5.01. The monoisotopic (exact) mass is 280 g/mol. The molecular formula is C16H16N4O. The lowest BCUT2D eigenvalue weighted by Gasteiger charge is -2.04. The van der Waals surface area contributed by atoms with Gasteiger partial charge >= 0.3 is 0 Å². The highest BCUT2D eigenvalue weighted by molar-refractivity contribution is 5.91. The van der Waals surface area contributed by atoms with Gasteiger partial charge in [-0.1, -0.05) is 30.3 Å². The van der Waals surface area contributed by atoms with Crippen LogP contribution in [0.25, 0.3) is 11.0 Å². The van der Waals surface area contributed by atoms with Crippen molar-refractivity contribution in [3.63, 3.8) is 0 Å². The maximum absolute atomic E-state index is 11.1. The number of hydrogen-bond donors (Lipinski definition) is 1. The summed E-state index contributed by atoms with van der Waals surface area (Å²) in [5, 5.41) is 8.25. The number of nitrogens with one attached hydrogen (secondary N) is 1. The molecule has 3 aromatic rings. The Morgan fingerprint density at radius 2 is 2.05 bits per heavy atom. The summed E-state index contributed by atoms with van der Waals surface area (Å²) in [6, 6.07) is 12.1. The third-order valence-corrected chi connectivity index (χ3v) is 3.27. The van der Waals surface area contributed by atoms with Gasteiger partial charge in [0, 0.05) is 12.3 Å². The van der Waals surface area contributed by atoms with E-state index in [-0.39, 0.29) is 5.91 Å². The van der Waals surface area contributed by atoms with Crippen LogP contribution in [-0.2, 0) is 11.3 Å². The lowest BCUT2D eigenvalue weighted by atomic mass is 10.2. The van der Waals surface area contributed by atoms with Crippen molar-refractivity contribution in [1.82, 2.24) is 14.8 Å². The molecule has 1 amide bonds. The Kier molecular flexibility index (Phi) is 3.39. The first-order chi connectivity index (χ1) is 10.1. The number of pyridine rings is 1. The molecule has 1 N–H and O–H groups in total. The van der Waals surface area contributed by atoms with Gasteiger partial charge in [-0.25, -0.2) is 9.67 Å². The minimum Gasteiger partial charge on any atom is -0.325 e. The molecule has 2 aromatic heterocycles. The van der Waals surface area contributed by atoms with Crippen molar-refractivity contribution in [3.05, 3.63) is 53.9 Å². The van der Waals surface area contributed by atoms with E-state index in [4.69, 9.17) is 0 Å². The van der Waals surface area contributed by atoms with E-state index >= 15 is 0 Å². The lowest BCUT2D eigenvalue weighted by molar-refractivity contribution is -0.114. The zero-order valence-corrected chi connectivity index (χ0v) is 12.0. The van der Waals surface area contributed by atoms with Gasteiger partial charge in [-0.15, -0.1) is 0 Å². The Morgan fingerprint density at radius 1 is 1.29 bits per heavy atom. The van der Waals surface area contributed by atoms with Gasteiger partial charge in [0.1, 0.15) is 0 Å². The van der Waals surface area contributed by atoms with Crippen molar-refractivity contribution in [2.75, 3.05) is 5.32 Å². The van der Waals surface area contributed by atoms with E-state index in [9.17, 15) is 4.79 Å². The smallest absolute Gasteiger partial charge is 0.221 e. The van der Waals surface area contributed by atoms with Crippen molar-refractivity contribution in [2.45, 2.75) is 20.4 Å². The summed E-state index contributed by atoms with van der Waals surface area (Å²) < 4.78 is 1.89. The number of aryl methyl sites for hydroxylation is 1. The van der Waals surface area contributed by atoms with E-state index in [1.807, 2.05) is 35.9 Å². The Morgan fingerprint density at radius 3 is 2.76 bits per heavy atom. The fourth-order valence-corrected chi connectivity index (χ4v) is 2.35. The number of carbonyl (C=O) groups is 1. The number of nitrogens with zero attached hydrogens (tertiary/aromatic N) is 3. The Hall–Kier alpha value is -2.69. The van der Waals surface area contributed by atoms with Gasteiger partial charge in [-0.3, -0.25) is 4.79 Å². The molecule has 0 spiro atoms. The molecule has 2 heterocycles. The maximum Gasteiger partial charge on any atom is 0.221 e. The molecule has 0 saturated heterocycles. The van der Waals surface area contributed by atoms with E-state index in [0.717, 1.165) is 16.7 Å². The van der Waals surface area contributed by atoms with Crippen LogP contribution in [0.4, 0.5) is 5.69 Å². The molecule has 0 atom stereocenters. The van der Waals surface area contributed by atoms with Gasteiger partial charge in [-0.2, -0.15) is 5.10 Å². The number of fused-ring (bicyclic) bond motifs is 1. The highest BCUT2D eigenvalue weighted by atomic mass is 16.1. The van der Waals surface area contributed by atoms with Crippen LogP contribution in [0.15, 0.2) is 42.6 Å². The topological polar surface area (TPSA) is 59.8 Å². The normalized spacial score (nSPS) is 10.8. The van der Waals surface area contributed by atoms with Crippen LogP contribution < -0.4 is 5.32 Å². The molecular weight excluding hydrogens is 264 g/mol. The summed E-state index contributed by atoms with van der Waals surface area (Å²) in [5.74, 6) is -0.106. The Balaban J connectivity index is 1.99. The second-order valence-electron chi connectivity index (χ2n) is 5.01. The number of carbonyl (C=O) groups excluding carboxylic acids is 1. The second kappa shape index (κ2) is 5.36. The van der Waals surface area contributed by atoms with Gasteiger partial charge in [0.25, 0.3) is 0 Å². The van der Waals surface area contributed by atoms with Crippen LogP contribution in [0.1, 0.15) is 18.2 Å². The predicted molar refractivity (Wildman–Crippen MR) is 82.1 cm³/mol. The van der Waals surface area contributed by atoms with Crippen LogP contribution in [0, 0.1) is 6.92 Å². The van der Waals surface area contributed by atoms with Gasteiger partial charge in [0.2, 0.25) is 5.91 Å². The van der Waals surface area contributed by atoms with Crippen LogP contribution in [0.3, 0.4) is 0 Å². The van der Waals surface area contributed by atoms with Crippen molar-refractivity contribution in [2.24, 2.45) is 0 Å². The SMILES string of the molecule is CC(=O)Nc1cnc2c(c1)c(C)nn2Cc1ccccc1. The number of anilines is 1. The van der Waals surface area contributed by atoms with E-state index in [0.29, 0.717) is 12.2 Å². The van der Waals surface area contributed by atoms with E-state index < -0.39 is 0 Å². The number of aromatic nitrogens is 3. The van der Waals surface area contributed by atoms with Crippen molar-refractivity contribution in [3.8, 4) is 0 Å². The third kappa shape index (κ3) is 2.76. The van der Waals surface area contributed by atoms with Gasteiger partial charge in [0.15, 0.2) is 5.65 Å². The largest absolute Gasteiger partial charge is 0.325 e. The molecule has 3 rings (SSSR count). The van der Waals surface area contributed by atoms with Crippen LogP contribution >= 0.6 is 0 Å². The molecule has 5 heteroatoms. The fourth-order valence-electron chi connectivity index (χ4n) is 2.35. The van der Waals surface area contributed by atoms with Crippen LogP contribution in [0.5, 0.6) is 0 Å². The lowest BCUT2D eigenvalue weighted by Crippen LogP contribution is -2.06. The zero-order chi connectivity index (χ0) is 14.8. The predicted octanol–water partition coefficient (Wildman–Crippen LogP) is 2.75. The molecule has 0 aliphatic rings. The standard InChI is InChI=1S/C16H16N4O/c1-11-15-8-14(18-12(2)21)9-17-16(15)20(19-11)10-13-6-4-3-5-7-13/h3-9H,10H2,1-2H3,(H,18,21). The average Bonchev–Trinajstić information content (AvgIpc) is 2.76. The molecule has 21 heavy (non-hydrogen) atoms. The van der Waals surface area contributed by atoms with Gasteiger partial charge < -0.3 is 5.32 Å².